The van der Waals surface area contributed by atoms with Gasteiger partial charge in [-0.25, -0.2) is 13.2 Å². The van der Waals surface area contributed by atoms with Crippen molar-refractivity contribution < 1.29 is 45.4 Å². The summed E-state index contributed by atoms with van der Waals surface area (Å²) in [6.07, 6.45) is -5.11. The molecule has 47 heavy (non-hydrogen) atoms. The van der Waals surface area contributed by atoms with Gasteiger partial charge in [0.25, 0.3) is 0 Å². The number of rotatable bonds is 12. The summed E-state index contributed by atoms with van der Waals surface area (Å²) in [5.41, 5.74) is 0.849. The first-order valence-electron chi connectivity index (χ1n) is 14.1. The fraction of sp³-hybridized carbons (Fsp3) is 0.323. The molecule has 1 atom stereocenters. The van der Waals surface area contributed by atoms with Crippen LogP contribution in [0.1, 0.15) is 31.0 Å². The van der Waals surface area contributed by atoms with Crippen molar-refractivity contribution in [3.05, 3.63) is 71.8 Å². The maximum Gasteiger partial charge on any atom is 0.471 e. The Balaban J connectivity index is 2.01. The van der Waals surface area contributed by atoms with E-state index in [1.54, 1.807) is 17.4 Å². The summed E-state index contributed by atoms with van der Waals surface area (Å²) in [4.78, 5) is 38.8. The minimum Gasteiger partial charge on any atom is -0.493 e. The van der Waals surface area contributed by atoms with Crippen LogP contribution in [0.2, 0.25) is 0 Å². The first-order valence-corrected chi connectivity index (χ1v) is 15.6. The fourth-order valence-corrected chi connectivity index (χ4v) is 5.50. The molecule has 1 unspecified atom stereocenters. The zero-order valence-corrected chi connectivity index (χ0v) is 27.3. The molecule has 0 saturated carbocycles. The Bertz CT molecular complexity index is 1730. The number of anilines is 3. The lowest BCUT2D eigenvalue weighted by Gasteiger charge is -2.22. The van der Waals surface area contributed by atoms with Crippen LogP contribution in [0.3, 0.4) is 0 Å². The van der Waals surface area contributed by atoms with Gasteiger partial charge >= 0.3 is 18.1 Å². The summed E-state index contributed by atoms with van der Waals surface area (Å²) in [6, 6.07) is 12.6. The van der Waals surface area contributed by atoms with Crippen molar-refractivity contribution in [3.8, 4) is 11.5 Å². The smallest absolute Gasteiger partial charge is 0.471 e. The van der Waals surface area contributed by atoms with Crippen LogP contribution in [-0.2, 0) is 26.0 Å². The van der Waals surface area contributed by atoms with E-state index in [1.807, 2.05) is 0 Å². The van der Waals surface area contributed by atoms with E-state index >= 15 is 0 Å². The lowest BCUT2D eigenvalue weighted by Crippen LogP contribution is -2.34. The average Bonchev–Trinajstić information content (AvgIpc) is 3.01. The Hall–Kier alpha value is -4.99. The minimum atomic E-state index is -5.11. The van der Waals surface area contributed by atoms with Crippen LogP contribution in [0.5, 0.6) is 11.5 Å². The molecule has 0 radical (unpaired) electrons. The van der Waals surface area contributed by atoms with E-state index in [1.165, 1.54) is 95.6 Å². The zero-order valence-electron chi connectivity index (χ0n) is 26.5. The number of benzene rings is 3. The molecule has 0 fully saturated rings. The highest BCUT2D eigenvalue weighted by atomic mass is 32.2. The molecule has 0 spiro atoms. The van der Waals surface area contributed by atoms with Gasteiger partial charge in [0.2, 0.25) is 5.91 Å². The molecule has 3 aromatic carbocycles. The number of sulfone groups is 1. The molecule has 0 aliphatic carbocycles. The predicted molar refractivity (Wildman–Crippen MR) is 170 cm³/mol. The Labute approximate surface area is 270 Å². The summed E-state index contributed by atoms with van der Waals surface area (Å²) < 4.78 is 75.5. The molecule has 0 aliphatic heterocycles. The number of carbonyl (C=O) groups is 3. The Morgan fingerprint density at radius 3 is 2.09 bits per heavy atom. The molecule has 0 heterocycles. The molecule has 12 nitrogen and oxygen atoms in total. The fourth-order valence-electron chi connectivity index (χ4n) is 4.23. The second-order valence-corrected chi connectivity index (χ2v) is 13.2. The van der Waals surface area contributed by atoms with Gasteiger partial charge in [-0.3, -0.25) is 9.59 Å². The number of amides is 4. The Morgan fingerprint density at radius 1 is 0.851 bits per heavy atom. The number of carbonyl (C=O) groups excluding carboxylic acids is 3. The van der Waals surface area contributed by atoms with Gasteiger partial charge in [0.15, 0.2) is 21.3 Å². The number of halogens is 3. The van der Waals surface area contributed by atoms with Gasteiger partial charge in [0.1, 0.15) is 6.04 Å². The van der Waals surface area contributed by atoms with Crippen molar-refractivity contribution in [1.29, 1.82) is 0 Å². The summed E-state index contributed by atoms with van der Waals surface area (Å²) in [5.74, 6) is -2.17. The van der Waals surface area contributed by atoms with Gasteiger partial charge in [-0.15, -0.1) is 0 Å². The van der Waals surface area contributed by atoms with Crippen molar-refractivity contribution in [2.45, 2.75) is 42.8 Å². The maximum atomic E-state index is 13.8. The number of hydrogen-bond donors (Lipinski definition) is 4. The number of nitrogens with one attached hydrogen (secondary N) is 4. The lowest BCUT2D eigenvalue weighted by molar-refractivity contribution is -0.167. The monoisotopic (exact) mass is 679 g/mol. The number of ether oxygens (including phenoxy) is 2. The Kier molecular flexibility index (Phi) is 11.7. The molecular formula is C31H36F3N5O7S. The largest absolute Gasteiger partial charge is 0.493 e. The van der Waals surface area contributed by atoms with E-state index < -0.39 is 45.2 Å². The summed E-state index contributed by atoms with van der Waals surface area (Å²) in [7, 11) is 2.09. The third-order valence-corrected chi connectivity index (χ3v) is 9.04. The zero-order chi connectivity index (χ0) is 35.1. The molecule has 3 aromatic rings. The van der Waals surface area contributed by atoms with Gasteiger partial charge in [-0.1, -0.05) is 12.1 Å². The number of urea groups is 1. The first kappa shape index (κ1) is 36.5. The molecule has 16 heteroatoms. The van der Waals surface area contributed by atoms with Crippen molar-refractivity contribution in [2.24, 2.45) is 0 Å². The second kappa shape index (κ2) is 15.1. The van der Waals surface area contributed by atoms with Crippen molar-refractivity contribution in [1.82, 2.24) is 10.2 Å². The van der Waals surface area contributed by atoms with Crippen molar-refractivity contribution >= 4 is 44.7 Å². The average molecular weight is 680 g/mol. The summed E-state index contributed by atoms with van der Waals surface area (Å²) in [5, 5.41) is 9.32. The van der Waals surface area contributed by atoms with Gasteiger partial charge in [-0.2, -0.15) is 13.2 Å². The number of nitrogens with zero attached hydrogens (tertiary/aromatic N) is 1. The quantitative estimate of drug-likeness (QED) is 0.210. The maximum absolute atomic E-state index is 13.8. The number of methoxy groups -OCH3 is 2. The minimum absolute atomic E-state index is 0.0422. The van der Waals surface area contributed by atoms with E-state index in [-0.39, 0.29) is 34.1 Å². The molecule has 3 rings (SSSR count). The molecule has 0 bridgehead atoms. The molecule has 4 N–H and O–H groups in total. The predicted octanol–water partition coefficient (Wildman–Crippen LogP) is 4.95. The SMILES string of the molecule is COc1ccc(C(Nc2cccc(NC(=O)C(F)(F)F)c2)C(=O)NCc2cc(NC(=O)N(C)C)ccc2S(=O)(=O)C(C)C)cc1OC. The van der Waals surface area contributed by atoms with Crippen LogP contribution >= 0.6 is 0 Å². The van der Waals surface area contributed by atoms with E-state index in [9.17, 15) is 36.0 Å². The highest BCUT2D eigenvalue weighted by Crippen LogP contribution is 2.32. The summed E-state index contributed by atoms with van der Waals surface area (Å²) in [6.45, 7) is 2.75. The molecule has 0 saturated heterocycles. The standard InChI is InChI=1S/C31H36F3N5O7S/c1-18(2)47(43,44)26-13-11-23(38-30(42)39(3)4)14-20(26)17-35-28(40)27(19-10-12-24(45-5)25(15-19)46-6)36-21-8-7-9-22(16-21)37-29(41)31(32,33)34/h7-16,18,27,36H,17H2,1-6H3,(H,35,40)(H,37,41)(H,38,42). The van der Waals surface area contributed by atoms with E-state index in [4.69, 9.17) is 9.47 Å². The lowest BCUT2D eigenvalue weighted by atomic mass is 10.0. The van der Waals surface area contributed by atoms with Crippen molar-refractivity contribution in [3.63, 3.8) is 0 Å². The highest BCUT2D eigenvalue weighted by Gasteiger charge is 2.38. The van der Waals surface area contributed by atoms with E-state index in [2.05, 4.69) is 16.0 Å². The second-order valence-electron chi connectivity index (χ2n) is 10.7. The highest BCUT2D eigenvalue weighted by molar-refractivity contribution is 7.92. The van der Waals surface area contributed by atoms with Crippen LogP contribution in [0.25, 0.3) is 0 Å². The normalized spacial score (nSPS) is 12.1. The van der Waals surface area contributed by atoms with Crippen molar-refractivity contribution in [2.75, 3.05) is 44.3 Å². The summed E-state index contributed by atoms with van der Waals surface area (Å²) >= 11 is 0. The topological polar surface area (TPSA) is 155 Å². The molecular weight excluding hydrogens is 643 g/mol. The number of alkyl halides is 3. The van der Waals surface area contributed by atoms with Gasteiger partial charge in [0.05, 0.1) is 24.4 Å². The van der Waals surface area contributed by atoms with Gasteiger partial charge in [0, 0.05) is 37.7 Å². The van der Waals surface area contributed by atoms with E-state index in [0.717, 1.165) is 0 Å². The van der Waals surface area contributed by atoms with Gasteiger partial charge in [-0.05, 0) is 73.5 Å². The first-order chi connectivity index (χ1) is 22.0. The molecule has 4 amide bonds. The Morgan fingerprint density at radius 2 is 1.49 bits per heavy atom. The van der Waals surface area contributed by atoms with Crippen LogP contribution in [0.15, 0.2) is 65.6 Å². The van der Waals surface area contributed by atoms with Crippen LogP contribution in [0.4, 0.5) is 35.0 Å². The molecule has 254 valence electrons. The number of hydrogen-bond acceptors (Lipinski definition) is 8. The van der Waals surface area contributed by atoms with E-state index in [0.29, 0.717) is 17.0 Å². The third kappa shape index (κ3) is 9.28. The third-order valence-electron chi connectivity index (χ3n) is 6.79. The molecule has 0 aliphatic rings. The van der Waals surface area contributed by atoms with Crippen LogP contribution in [-0.4, -0.2) is 70.9 Å². The van der Waals surface area contributed by atoms with Crippen LogP contribution < -0.4 is 30.7 Å². The van der Waals surface area contributed by atoms with Gasteiger partial charge < -0.3 is 35.6 Å². The molecule has 0 aromatic heterocycles. The van der Waals surface area contributed by atoms with Crippen LogP contribution in [0, 0.1) is 0 Å².